The van der Waals surface area contributed by atoms with Crippen LogP contribution >= 0.6 is 0 Å². The molecule has 0 amide bonds. The molecule has 2 N–H and O–H groups in total. The van der Waals surface area contributed by atoms with Crippen molar-refractivity contribution < 1.29 is 29.3 Å². The van der Waals surface area contributed by atoms with Gasteiger partial charge < -0.3 is 14.9 Å². The van der Waals surface area contributed by atoms with Gasteiger partial charge in [0, 0.05) is 5.57 Å². The molecule has 0 spiro atoms. The van der Waals surface area contributed by atoms with E-state index >= 15 is 0 Å². The lowest BCUT2D eigenvalue weighted by atomic mass is 10.00. The average molecular weight is 244 g/mol. The summed E-state index contributed by atoms with van der Waals surface area (Å²) in [6, 6.07) is 0. The average Bonchev–Trinajstić information content (AvgIpc) is 2.26. The summed E-state index contributed by atoms with van der Waals surface area (Å²) in [6.07, 6.45) is 0.892. The van der Waals surface area contributed by atoms with Crippen LogP contribution in [0.1, 0.15) is 32.6 Å². The van der Waals surface area contributed by atoms with Crippen LogP contribution in [0.3, 0.4) is 0 Å². The Balaban J connectivity index is 5.19. The first kappa shape index (κ1) is 15.2. The van der Waals surface area contributed by atoms with Gasteiger partial charge >= 0.3 is 17.9 Å². The molecule has 0 rings (SSSR count). The zero-order valence-electron chi connectivity index (χ0n) is 9.86. The Morgan fingerprint density at radius 1 is 1.06 bits per heavy atom. The molecule has 0 aromatic rings. The van der Waals surface area contributed by atoms with Crippen LogP contribution in [0, 0.1) is 0 Å². The van der Waals surface area contributed by atoms with Crippen molar-refractivity contribution in [2.24, 2.45) is 0 Å². The number of ether oxygens (including phenoxy) is 1. The number of rotatable bonds is 7. The molecule has 0 aromatic heterocycles. The summed E-state index contributed by atoms with van der Waals surface area (Å²) in [5.74, 6) is -3.47. The maximum atomic E-state index is 11.0. The van der Waals surface area contributed by atoms with Crippen LogP contribution in [-0.2, 0) is 19.1 Å². The fourth-order valence-electron chi connectivity index (χ4n) is 1.27. The van der Waals surface area contributed by atoms with Gasteiger partial charge in [0.15, 0.2) is 0 Å². The van der Waals surface area contributed by atoms with E-state index in [1.54, 1.807) is 0 Å². The lowest BCUT2D eigenvalue weighted by Gasteiger charge is -2.07. The minimum atomic E-state index is -1.40. The van der Waals surface area contributed by atoms with Gasteiger partial charge in [-0.25, -0.2) is 9.59 Å². The van der Waals surface area contributed by atoms with E-state index in [2.05, 4.69) is 4.74 Å². The maximum Gasteiger partial charge on any atom is 0.332 e. The summed E-state index contributed by atoms with van der Waals surface area (Å²) in [6.45, 7) is 1.86. The Kier molecular flexibility index (Phi) is 6.62. The fraction of sp³-hybridized carbons (Fsp3) is 0.545. The minimum absolute atomic E-state index is 0.129. The summed E-state index contributed by atoms with van der Waals surface area (Å²) >= 11 is 0. The van der Waals surface area contributed by atoms with Crippen molar-refractivity contribution in [1.82, 2.24) is 0 Å². The molecule has 0 bridgehead atoms. The first-order chi connectivity index (χ1) is 7.93. The molecule has 6 nitrogen and oxygen atoms in total. The Bertz CT molecular complexity index is 342. The monoisotopic (exact) mass is 244 g/mol. The lowest BCUT2D eigenvalue weighted by Crippen LogP contribution is -2.15. The van der Waals surface area contributed by atoms with Crippen molar-refractivity contribution in [1.29, 1.82) is 0 Å². The van der Waals surface area contributed by atoms with E-state index in [-0.39, 0.29) is 12.0 Å². The summed E-state index contributed by atoms with van der Waals surface area (Å²) in [4.78, 5) is 32.9. The van der Waals surface area contributed by atoms with E-state index in [4.69, 9.17) is 10.2 Å². The quantitative estimate of drug-likeness (QED) is 0.515. The Hall–Kier alpha value is -1.85. The van der Waals surface area contributed by atoms with Crippen LogP contribution in [0.5, 0.6) is 0 Å². The standard InChI is InChI=1S/C11H16O6/c1-3-4-5-7(10(13)14)8(11(15)16)6-9(12)17-2/h3-6H2,1-2H3,(H,13,14)(H,15,16)/b8-7+. The van der Waals surface area contributed by atoms with Crippen molar-refractivity contribution in [3.63, 3.8) is 0 Å². The molecule has 6 heteroatoms. The van der Waals surface area contributed by atoms with Crippen molar-refractivity contribution in [2.75, 3.05) is 7.11 Å². The van der Waals surface area contributed by atoms with Gasteiger partial charge in [0.2, 0.25) is 0 Å². The molecule has 0 aliphatic rings. The molecule has 17 heavy (non-hydrogen) atoms. The smallest absolute Gasteiger partial charge is 0.332 e. The minimum Gasteiger partial charge on any atom is -0.478 e. The van der Waals surface area contributed by atoms with Gasteiger partial charge in [0.1, 0.15) is 0 Å². The number of esters is 1. The Morgan fingerprint density at radius 2 is 1.59 bits per heavy atom. The van der Waals surface area contributed by atoms with Gasteiger partial charge in [-0.1, -0.05) is 13.3 Å². The number of carboxylic acid groups (broad SMARTS) is 2. The molecule has 0 radical (unpaired) electrons. The molecule has 0 atom stereocenters. The SMILES string of the molecule is CCCC/C(C(=O)O)=C(/CC(=O)OC)C(=O)O. The molecular weight excluding hydrogens is 228 g/mol. The van der Waals surface area contributed by atoms with Crippen LogP contribution in [0.25, 0.3) is 0 Å². The highest BCUT2D eigenvalue weighted by molar-refractivity contribution is 6.01. The van der Waals surface area contributed by atoms with E-state index in [0.717, 1.165) is 13.5 Å². The number of carbonyl (C=O) groups excluding carboxylic acids is 1. The van der Waals surface area contributed by atoms with Gasteiger partial charge in [-0.3, -0.25) is 4.79 Å². The van der Waals surface area contributed by atoms with Crippen LogP contribution in [0.15, 0.2) is 11.1 Å². The van der Waals surface area contributed by atoms with E-state index in [1.165, 1.54) is 0 Å². The normalized spacial score (nSPS) is 11.6. The maximum absolute atomic E-state index is 11.0. The van der Waals surface area contributed by atoms with Crippen LogP contribution in [0.4, 0.5) is 0 Å². The van der Waals surface area contributed by atoms with Gasteiger partial charge in [-0.15, -0.1) is 0 Å². The molecule has 0 fully saturated rings. The first-order valence-corrected chi connectivity index (χ1v) is 5.19. The van der Waals surface area contributed by atoms with E-state index in [0.29, 0.717) is 6.42 Å². The highest BCUT2D eigenvalue weighted by Crippen LogP contribution is 2.17. The molecule has 0 unspecified atom stereocenters. The third-order valence-corrected chi connectivity index (χ3v) is 2.21. The molecule has 0 aliphatic heterocycles. The highest BCUT2D eigenvalue weighted by atomic mass is 16.5. The van der Waals surface area contributed by atoms with Crippen molar-refractivity contribution >= 4 is 17.9 Å². The summed E-state index contributed by atoms with van der Waals surface area (Å²) < 4.78 is 4.34. The fourth-order valence-corrected chi connectivity index (χ4v) is 1.27. The van der Waals surface area contributed by atoms with E-state index < -0.39 is 29.9 Å². The second-order valence-corrected chi connectivity index (χ2v) is 3.42. The second-order valence-electron chi connectivity index (χ2n) is 3.42. The van der Waals surface area contributed by atoms with Crippen molar-refractivity contribution in [2.45, 2.75) is 32.6 Å². The zero-order valence-corrected chi connectivity index (χ0v) is 9.86. The third-order valence-electron chi connectivity index (χ3n) is 2.21. The van der Waals surface area contributed by atoms with Crippen LogP contribution in [-0.4, -0.2) is 35.2 Å². The summed E-state index contributed by atoms with van der Waals surface area (Å²) in [5.41, 5.74) is -0.637. The molecule has 0 saturated heterocycles. The van der Waals surface area contributed by atoms with Gasteiger partial charge in [0.05, 0.1) is 19.1 Å². The number of carboxylic acids is 2. The number of carbonyl (C=O) groups is 3. The number of hydrogen-bond donors (Lipinski definition) is 2. The first-order valence-electron chi connectivity index (χ1n) is 5.19. The number of methoxy groups -OCH3 is 1. The van der Waals surface area contributed by atoms with Crippen molar-refractivity contribution in [3.05, 3.63) is 11.1 Å². The third kappa shape index (κ3) is 5.14. The molecular formula is C11H16O6. The van der Waals surface area contributed by atoms with Gasteiger partial charge in [0.25, 0.3) is 0 Å². The zero-order chi connectivity index (χ0) is 13.4. The topological polar surface area (TPSA) is 101 Å². The summed E-state index contributed by atoms with van der Waals surface area (Å²) in [5, 5.41) is 17.8. The van der Waals surface area contributed by atoms with Crippen molar-refractivity contribution in [3.8, 4) is 0 Å². The highest BCUT2D eigenvalue weighted by Gasteiger charge is 2.22. The predicted octanol–water partition coefficient (Wildman–Crippen LogP) is 1.21. The van der Waals surface area contributed by atoms with Crippen LogP contribution in [0.2, 0.25) is 0 Å². The van der Waals surface area contributed by atoms with Gasteiger partial charge in [-0.05, 0) is 12.8 Å². The summed E-state index contributed by atoms with van der Waals surface area (Å²) in [7, 11) is 1.12. The van der Waals surface area contributed by atoms with Crippen LogP contribution < -0.4 is 0 Å². The lowest BCUT2D eigenvalue weighted by molar-refractivity contribution is -0.142. The predicted molar refractivity (Wildman–Crippen MR) is 58.5 cm³/mol. The van der Waals surface area contributed by atoms with E-state index in [9.17, 15) is 14.4 Å². The Labute approximate surface area is 98.9 Å². The molecule has 0 aliphatic carbocycles. The molecule has 96 valence electrons. The van der Waals surface area contributed by atoms with Gasteiger partial charge in [-0.2, -0.15) is 0 Å². The number of aliphatic carboxylic acids is 2. The molecule has 0 heterocycles. The molecule has 0 saturated carbocycles. The number of unbranched alkanes of at least 4 members (excludes halogenated alkanes) is 1. The molecule has 0 aromatic carbocycles. The largest absolute Gasteiger partial charge is 0.478 e. The number of hydrogen-bond acceptors (Lipinski definition) is 4. The Morgan fingerprint density at radius 3 is 1.94 bits per heavy atom. The second kappa shape index (κ2) is 7.43. The van der Waals surface area contributed by atoms with E-state index in [1.807, 2.05) is 6.92 Å².